The number of hydrogen-bond donors (Lipinski definition) is 0. The van der Waals surface area contributed by atoms with Crippen LogP contribution in [0.4, 0.5) is 0 Å². The van der Waals surface area contributed by atoms with Crippen LogP contribution in [-0.4, -0.2) is 14.6 Å². The van der Waals surface area contributed by atoms with Gasteiger partial charge in [0.25, 0.3) is 0 Å². The monoisotopic (exact) mass is 217 g/mol. The molecule has 0 amide bonds. The van der Waals surface area contributed by atoms with Gasteiger partial charge < -0.3 is 0 Å². The second kappa shape index (κ2) is 3.31. The number of rotatable bonds is 2. The molecule has 2 heterocycles. The van der Waals surface area contributed by atoms with E-state index in [-0.39, 0.29) is 0 Å². The molecule has 2 aromatic rings. The first-order valence-electron chi connectivity index (χ1n) is 5.08. The Morgan fingerprint density at radius 2 is 2.47 bits per heavy atom. The molecule has 0 aromatic carbocycles. The highest BCUT2D eigenvalue weighted by Crippen LogP contribution is 2.24. The van der Waals surface area contributed by atoms with Gasteiger partial charge >= 0.3 is 0 Å². The Labute approximate surface area is 91.8 Å². The lowest BCUT2D eigenvalue weighted by Gasteiger charge is -1.92. The molecule has 0 saturated carbocycles. The van der Waals surface area contributed by atoms with Crippen LogP contribution in [0.15, 0.2) is 24.4 Å². The second-order valence-electron chi connectivity index (χ2n) is 3.53. The topological polar surface area (TPSA) is 30.2 Å². The van der Waals surface area contributed by atoms with Gasteiger partial charge in [0.05, 0.1) is 11.9 Å². The molecule has 1 aliphatic carbocycles. The van der Waals surface area contributed by atoms with Gasteiger partial charge in [-0.15, -0.1) is 0 Å². The molecule has 1 aliphatic rings. The molecule has 0 N–H and O–H groups in total. The van der Waals surface area contributed by atoms with Crippen molar-refractivity contribution in [2.45, 2.75) is 19.8 Å². The Bertz CT molecular complexity index is 528. The highest BCUT2D eigenvalue weighted by molar-refractivity contribution is 7.16. The minimum absolute atomic E-state index is 0.980. The number of fused-ring (bicyclic) bond motifs is 1. The minimum atomic E-state index is 0.980. The largest absolute Gasteiger partial charge is 0.218 e. The average molecular weight is 217 g/mol. The molecule has 0 bridgehead atoms. The zero-order valence-corrected chi connectivity index (χ0v) is 9.29. The van der Waals surface area contributed by atoms with Crippen molar-refractivity contribution in [1.29, 1.82) is 0 Å². The van der Waals surface area contributed by atoms with Gasteiger partial charge in [0.2, 0.25) is 4.96 Å². The maximum atomic E-state index is 4.57. The highest BCUT2D eigenvalue weighted by atomic mass is 32.1. The van der Waals surface area contributed by atoms with Crippen LogP contribution in [-0.2, 0) is 6.42 Å². The summed E-state index contributed by atoms with van der Waals surface area (Å²) in [5.41, 5.74) is 2.34. The molecule has 0 unspecified atom stereocenters. The van der Waals surface area contributed by atoms with E-state index >= 15 is 0 Å². The van der Waals surface area contributed by atoms with Crippen molar-refractivity contribution in [3.63, 3.8) is 0 Å². The highest BCUT2D eigenvalue weighted by Gasteiger charge is 2.10. The molecule has 76 valence electrons. The lowest BCUT2D eigenvalue weighted by Crippen LogP contribution is -1.84. The lowest BCUT2D eigenvalue weighted by atomic mass is 10.2. The Balaban J connectivity index is 2.04. The molecule has 0 saturated heterocycles. The van der Waals surface area contributed by atoms with E-state index < -0.39 is 0 Å². The first-order chi connectivity index (χ1) is 7.36. The first-order valence-corrected chi connectivity index (χ1v) is 5.89. The smallest absolute Gasteiger partial charge is 0.212 e. The molecule has 0 fully saturated rings. The minimum Gasteiger partial charge on any atom is -0.218 e. The molecule has 4 heteroatoms. The molecular weight excluding hydrogens is 206 g/mol. The summed E-state index contributed by atoms with van der Waals surface area (Å²) in [4.78, 5) is 5.57. The summed E-state index contributed by atoms with van der Waals surface area (Å²) >= 11 is 1.67. The Morgan fingerprint density at radius 3 is 3.13 bits per heavy atom. The fraction of sp³-hybridized carbons (Fsp3) is 0.273. The van der Waals surface area contributed by atoms with Crippen molar-refractivity contribution in [2.24, 2.45) is 0 Å². The Hall–Kier alpha value is -1.42. The quantitative estimate of drug-likeness (QED) is 0.774. The van der Waals surface area contributed by atoms with E-state index in [4.69, 9.17) is 0 Å². The van der Waals surface area contributed by atoms with E-state index in [0.29, 0.717) is 0 Å². The zero-order valence-electron chi connectivity index (χ0n) is 8.47. The van der Waals surface area contributed by atoms with Crippen LogP contribution in [0.3, 0.4) is 0 Å². The van der Waals surface area contributed by atoms with Crippen molar-refractivity contribution in [2.75, 3.05) is 0 Å². The summed E-state index contributed by atoms with van der Waals surface area (Å²) < 4.78 is 1.89. The molecule has 2 aromatic heterocycles. The van der Waals surface area contributed by atoms with E-state index in [1.54, 1.807) is 11.3 Å². The molecule has 15 heavy (non-hydrogen) atoms. The van der Waals surface area contributed by atoms with Crippen molar-refractivity contribution in [3.05, 3.63) is 35.1 Å². The number of nitrogens with zero attached hydrogens (tertiary/aromatic N) is 3. The number of aryl methyl sites for hydroxylation is 1. The van der Waals surface area contributed by atoms with Crippen LogP contribution in [0, 0.1) is 0 Å². The summed E-state index contributed by atoms with van der Waals surface area (Å²) in [5, 5.41) is 5.59. The Kier molecular flexibility index (Phi) is 1.95. The normalized spacial score (nSPS) is 15.1. The maximum Gasteiger partial charge on any atom is 0.212 e. The van der Waals surface area contributed by atoms with E-state index in [1.165, 1.54) is 5.57 Å². The van der Waals surface area contributed by atoms with Gasteiger partial charge in [-0.2, -0.15) is 5.10 Å². The summed E-state index contributed by atoms with van der Waals surface area (Å²) in [6.07, 6.45) is 10.3. The van der Waals surface area contributed by atoms with Gasteiger partial charge in [-0.1, -0.05) is 36.5 Å². The van der Waals surface area contributed by atoms with Crippen molar-refractivity contribution < 1.29 is 0 Å². The SMILES string of the molecule is CCc1nn2cc(C3=CC=CC3)nc2s1. The van der Waals surface area contributed by atoms with Crippen molar-refractivity contribution in [1.82, 2.24) is 14.6 Å². The fourth-order valence-corrected chi connectivity index (χ4v) is 2.49. The van der Waals surface area contributed by atoms with Crippen LogP contribution in [0.2, 0.25) is 0 Å². The average Bonchev–Trinajstić information content (AvgIpc) is 2.91. The van der Waals surface area contributed by atoms with Crippen LogP contribution in [0.25, 0.3) is 10.5 Å². The Morgan fingerprint density at radius 1 is 1.53 bits per heavy atom. The molecule has 0 spiro atoms. The van der Waals surface area contributed by atoms with Crippen LogP contribution < -0.4 is 0 Å². The van der Waals surface area contributed by atoms with Crippen molar-refractivity contribution >= 4 is 21.9 Å². The second-order valence-corrected chi connectivity index (χ2v) is 4.57. The summed E-state index contributed by atoms with van der Waals surface area (Å²) in [7, 11) is 0. The van der Waals surface area contributed by atoms with Gasteiger partial charge in [0.1, 0.15) is 5.01 Å². The first kappa shape index (κ1) is 8.85. The molecule has 0 aliphatic heterocycles. The summed E-state index contributed by atoms with van der Waals surface area (Å²) in [5.74, 6) is 0. The molecule has 3 rings (SSSR count). The van der Waals surface area contributed by atoms with Gasteiger partial charge in [0, 0.05) is 0 Å². The molecule has 0 atom stereocenters. The van der Waals surface area contributed by atoms with Gasteiger partial charge in [-0.3, -0.25) is 0 Å². The zero-order chi connectivity index (χ0) is 10.3. The number of allylic oxidation sites excluding steroid dienone is 4. The van der Waals surface area contributed by atoms with Crippen molar-refractivity contribution in [3.8, 4) is 0 Å². The van der Waals surface area contributed by atoms with E-state index in [9.17, 15) is 0 Å². The maximum absolute atomic E-state index is 4.57. The molecule has 0 radical (unpaired) electrons. The van der Waals surface area contributed by atoms with E-state index in [1.807, 2.05) is 10.7 Å². The standard InChI is InChI=1S/C11H11N3S/c1-2-10-13-14-7-9(12-11(14)15-10)8-5-3-4-6-8/h3-5,7H,2,6H2,1H3. The van der Waals surface area contributed by atoms with Crippen LogP contribution in [0.1, 0.15) is 24.0 Å². The number of hydrogen-bond acceptors (Lipinski definition) is 3. The lowest BCUT2D eigenvalue weighted by molar-refractivity contribution is 0.909. The van der Waals surface area contributed by atoms with Crippen LogP contribution in [0.5, 0.6) is 0 Å². The fourth-order valence-electron chi connectivity index (χ4n) is 1.68. The third-order valence-electron chi connectivity index (χ3n) is 2.49. The van der Waals surface area contributed by atoms with Crippen LogP contribution >= 0.6 is 11.3 Å². The third kappa shape index (κ3) is 1.41. The van der Waals surface area contributed by atoms with E-state index in [2.05, 4.69) is 35.2 Å². The molecular formula is C11H11N3S. The third-order valence-corrected chi connectivity index (χ3v) is 3.55. The predicted octanol–water partition coefficient (Wildman–Crippen LogP) is 2.70. The predicted molar refractivity (Wildman–Crippen MR) is 62.0 cm³/mol. The van der Waals surface area contributed by atoms with E-state index in [0.717, 1.165) is 28.5 Å². The summed E-state index contributed by atoms with van der Waals surface area (Å²) in [6, 6.07) is 0. The summed E-state index contributed by atoms with van der Waals surface area (Å²) in [6.45, 7) is 2.11. The van der Waals surface area contributed by atoms with Gasteiger partial charge in [-0.25, -0.2) is 9.50 Å². The molecule has 3 nitrogen and oxygen atoms in total. The van der Waals surface area contributed by atoms with Gasteiger partial charge in [0.15, 0.2) is 0 Å². The van der Waals surface area contributed by atoms with Gasteiger partial charge in [-0.05, 0) is 18.4 Å². The number of imidazole rings is 1. The number of aromatic nitrogens is 3.